The fraction of sp³-hybridized carbons (Fsp3) is 0.300. The molecule has 1 amide bonds. The number of ether oxygens (including phenoxy) is 1. The molecule has 2 aromatic carbocycles. The van der Waals surface area contributed by atoms with Crippen LogP contribution in [-0.4, -0.2) is 33.3 Å². The molecule has 9 heteroatoms. The van der Waals surface area contributed by atoms with E-state index in [9.17, 15) is 13.2 Å². The van der Waals surface area contributed by atoms with Gasteiger partial charge in [0, 0.05) is 23.7 Å². The molecule has 7 nitrogen and oxygen atoms in total. The number of hydrogen-bond acceptors (Lipinski definition) is 5. The molecule has 0 fully saturated rings. The summed E-state index contributed by atoms with van der Waals surface area (Å²) in [5.41, 5.74) is 0.361. The number of halogens is 1. The average Bonchev–Trinajstić information content (AvgIpc) is 2.96. The van der Waals surface area contributed by atoms with Gasteiger partial charge < -0.3 is 10.1 Å². The van der Waals surface area contributed by atoms with Crippen molar-refractivity contribution in [1.29, 1.82) is 0 Å². The molecule has 1 aliphatic heterocycles. The van der Waals surface area contributed by atoms with E-state index >= 15 is 0 Å². The number of amides is 1. The lowest BCUT2D eigenvalue weighted by Gasteiger charge is -2.11. The van der Waals surface area contributed by atoms with Crippen LogP contribution in [-0.2, 0) is 14.8 Å². The van der Waals surface area contributed by atoms with E-state index in [4.69, 9.17) is 16.3 Å². The molecule has 0 unspecified atom stereocenters. The van der Waals surface area contributed by atoms with Gasteiger partial charge in [-0.15, -0.1) is 0 Å². The van der Waals surface area contributed by atoms with Gasteiger partial charge in [0.1, 0.15) is 11.6 Å². The summed E-state index contributed by atoms with van der Waals surface area (Å²) in [5.74, 6) is 0.582. The van der Waals surface area contributed by atoms with Gasteiger partial charge in [0.25, 0.3) is 15.9 Å². The SMILES string of the molecule is O=C(COc1ccc(Cl)cc1)Nc1cccc(S(=O)(=O)NC2=NCCCCC2)c1. The Labute approximate surface area is 175 Å². The highest BCUT2D eigenvalue weighted by atomic mass is 35.5. The maximum absolute atomic E-state index is 12.6. The number of aliphatic imine (C=N–C) groups is 1. The predicted molar refractivity (Wildman–Crippen MR) is 113 cm³/mol. The first-order chi connectivity index (χ1) is 13.9. The van der Waals surface area contributed by atoms with Crippen LogP contribution in [0.25, 0.3) is 0 Å². The van der Waals surface area contributed by atoms with Gasteiger partial charge in [-0.2, -0.15) is 0 Å². The van der Waals surface area contributed by atoms with E-state index in [1.165, 1.54) is 12.1 Å². The van der Waals surface area contributed by atoms with Gasteiger partial charge in [-0.05, 0) is 55.3 Å². The number of carbonyl (C=O) groups is 1. The zero-order valence-electron chi connectivity index (χ0n) is 15.7. The third-order valence-electron chi connectivity index (χ3n) is 4.24. The number of nitrogens with zero attached hydrogens (tertiary/aromatic N) is 1. The molecule has 0 radical (unpaired) electrons. The summed E-state index contributed by atoms with van der Waals surface area (Å²) in [4.78, 5) is 16.5. The molecule has 1 aliphatic rings. The Morgan fingerprint density at radius 3 is 2.69 bits per heavy atom. The van der Waals surface area contributed by atoms with Crippen LogP contribution in [0.5, 0.6) is 5.75 Å². The summed E-state index contributed by atoms with van der Waals surface area (Å²) in [5, 5.41) is 3.21. The van der Waals surface area contributed by atoms with Crippen LogP contribution in [0.1, 0.15) is 25.7 Å². The highest BCUT2D eigenvalue weighted by Gasteiger charge is 2.18. The van der Waals surface area contributed by atoms with Crippen LogP contribution < -0.4 is 14.8 Å². The van der Waals surface area contributed by atoms with Crippen molar-refractivity contribution in [3.8, 4) is 5.75 Å². The molecule has 0 atom stereocenters. The van der Waals surface area contributed by atoms with Gasteiger partial charge in [-0.1, -0.05) is 24.1 Å². The van der Waals surface area contributed by atoms with E-state index in [1.807, 2.05) is 0 Å². The van der Waals surface area contributed by atoms with Crippen molar-refractivity contribution in [2.45, 2.75) is 30.6 Å². The number of nitrogens with one attached hydrogen (secondary N) is 2. The maximum Gasteiger partial charge on any atom is 0.262 e. The lowest BCUT2D eigenvalue weighted by Crippen LogP contribution is -2.30. The van der Waals surface area contributed by atoms with Gasteiger partial charge in [0.15, 0.2) is 6.61 Å². The zero-order chi connectivity index (χ0) is 20.7. The van der Waals surface area contributed by atoms with Gasteiger partial charge >= 0.3 is 0 Å². The normalized spacial score (nSPS) is 14.4. The molecule has 2 aromatic rings. The standard InChI is InChI=1S/C20H22ClN3O4S/c21-15-8-10-17(11-9-15)28-14-20(25)23-16-5-4-6-18(13-16)29(26,27)24-19-7-2-1-3-12-22-19/h4-6,8-11,13H,1-3,7,12,14H2,(H,22,24)(H,23,25). The second-order valence-electron chi connectivity index (χ2n) is 6.56. The molecule has 3 rings (SSSR count). The molecule has 0 saturated heterocycles. The molecule has 0 saturated carbocycles. The molecule has 1 heterocycles. The molecule has 0 aromatic heterocycles. The van der Waals surface area contributed by atoms with E-state index in [-0.39, 0.29) is 11.5 Å². The van der Waals surface area contributed by atoms with E-state index in [1.54, 1.807) is 36.4 Å². The monoisotopic (exact) mass is 435 g/mol. The zero-order valence-corrected chi connectivity index (χ0v) is 17.3. The van der Waals surface area contributed by atoms with Gasteiger partial charge in [-0.25, -0.2) is 8.42 Å². The maximum atomic E-state index is 12.6. The van der Waals surface area contributed by atoms with Crippen LogP contribution in [0.3, 0.4) is 0 Å². The number of amidine groups is 1. The number of rotatable bonds is 6. The van der Waals surface area contributed by atoms with Gasteiger partial charge in [0.05, 0.1) is 4.90 Å². The van der Waals surface area contributed by atoms with Crippen molar-refractivity contribution in [3.05, 3.63) is 53.6 Å². The lowest BCUT2D eigenvalue weighted by molar-refractivity contribution is -0.118. The first-order valence-corrected chi connectivity index (χ1v) is 11.1. The van der Waals surface area contributed by atoms with E-state index in [0.29, 0.717) is 35.3 Å². The molecular formula is C20H22ClN3O4S. The molecule has 154 valence electrons. The number of carbonyl (C=O) groups excluding carboxylic acids is 1. The molecule has 0 aliphatic carbocycles. The average molecular weight is 436 g/mol. The predicted octanol–water partition coefficient (Wildman–Crippen LogP) is 3.61. The minimum atomic E-state index is -3.77. The van der Waals surface area contributed by atoms with Crippen LogP contribution in [0, 0.1) is 0 Å². The Hall–Kier alpha value is -2.58. The first-order valence-electron chi connectivity index (χ1n) is 9.27. The molecule has 29 heavy (non-hydrogen) atoms. The van der Waals surface area contributed by atoms with E-state index < -0.39 is 15.9 Å². The number of sulfonamides is 1. The largest absolute Gasteiger partial charge is 0.484 e. The highest BCUT2D eigenvalue weighted by molar-refractivity contribution is 7.90. The summed E-state index contributed by atoms with van der Waals surface area (Å²) in [6.07, 6.45) is 3.52. The third-order valence-corrected chi connectivity index (χ3v) is 5.87. The van der Waals surface area contributed by atoms with E-state index in [2.05, 4.69) is 15.0 Å². The van der Waals surface area contributed by atoms with Crippen LogP contribution in [0.4, 0.5) is 5.69 Å². The first kappa shape index (κ1) is 21.1. The Balaban J connectivity index is 1.61. The minimum absolute atomic E-state index is 0.0564. The van der Waals surface area contributed by atoms with Crippen molar-refractivity contribution >= 4 is 39.1 Å². The van der Waals surface area contributed by atoms with Crippen molar-refractivity contribution in [1.82, 2.24) is 4.72 Å². The van der Waals surface area contributed by atoms with Crippen LogP contribution >= 0.6 is 11.6 Å². The topological polar surface area (TPSA) is 96.9 Å². The van der Waals surface area contributed by atoms with Crippen molar-refractivity contribution in [3.63, 3.8) is 0 Å². The Kier molecular flexibility index (Phi) is 7.11. The Bertz CT molecular complexity index is 991. The molecule has 2 N–H and O–H groups in total. The Morgan fingerprint density at radius 2 is 1.90 bits per heavy atom. The number of benzene rings is 2. The second kappa shape index (κ2) is 9.76. The summed E-state index contributed by atoms with van der Waals surface area (Å²) in [7, 11) is -3.77. The summed E-state index contributed by atoms with van der Waals surface area (Å²) in [6, 6.07) is 12.7. The smallest absolute Gasteiger partial charge is 0.262 e. The van der Waals surface area contributed by atoms with Crippen LogP contribution in [0.2, 0.25) is 5.02 Å². The molecule has 0 bridgehead atoms. The third kappa shape index (κ3) is 6.47. The summed E-state index contributed by atoms with van der Waals surface area (Å²) < 4.78 is 33.2. The quantitative estimate of drug-likeness (QED) is 0.724. The van der Waals surface area contributed by atoms with Crippen molar-refractivity contribution < 1.29 is 17.9 Å². The van der Waals surface area contributed by atoms with E-state index in [0.717, 1.165) is 19.3 Å². The van der Waals surface area contributed by atoms with Crippen LogP contribution in [0.15, 0.2) is 58.4 Å². The number of hydrogen-bond donors (Lipinski definition) is 2. The molecular weight excluding hydrogens is 414 g/mol. The lowest BCUT2D eigenvalue weighted by atomic mass is 10.2. The minimum Gasteiger partial charge on any atom is -0.484 e. The fourth-order valence-corrected chi connectivity index (χ4v) is 4.05. The van der Waals surface area contributed by atoms with Crippen molar-refractivity contribution in [2.75, 3.05) is 18.5 Å². The number of anilines is 1. The van der Waals surface area contributed by atoms with Gasteiger partial charge in [-0.3, -0.25) is 14.5 Å². The highest BCUT2D eigenvalue weighted by Crippen LogP contribution is 2.18. The molecule has 0 spiro atoms. The van der Waals surface area contributed by atoms with Crippen molar-refractivity contribution in [2.24, 2.45) is 4.99 Å². The Morgan fingerprint density at radius 1 is 1.10 bits per heavy atom. The fourth-order valence-electron chi connectivity index (χ4n) is 2.79. The summed E-state index contributed by atoms with van der Waals surface area (Å²) >= 11 is 5.81. The second-order valence-corrected chi connectivity index (χ2v) is 8.68. The summed E-state index contributed by atoms with van der Waals surface area (Å²) in [6.45, 7) is 0.412. The van der Waals surface area contributed by atoms with Gasteiger partial charge in [0.2, 0.25) is 0 Å².